The van der Waals surface area contributed by atoms with Crippen LogP contribution in [0.4, 0.5) is 0 Å². The van der Waals surface area contributed by atoms with Gasteiger partial charge in [0.1, 0.15) is 11.5 Å². The molecule has 3 nitrogen and oxygen atoms in total. The van der Waals surface area contributed by atoms with Crippen molar-refractivity contribution in [3.8, 4) is 17.4 Å². The van der Waals surface area contributed by atoms with Gasteiger partial charge in [-0.3, -0.25) is 0 Å². The first-order valence-electron chi connectivity index (χ1n) is 5.63. The van der Waals surface area contributed by atoms with Gasteiger partial charge in [0, 0.05) is 12.3 Å². The van der Waals surface area contributed by atoms with Gasteiger partial charge in [0.2, 0.25) is 5.88 Å². The van der Waals surface area contributed by atoms with Crippen molar-refractivity contribution in [2.24, 2.45) is 0 Å². The molecule has 0 fully saturated rings. The maximum atomic E-state index is 9.39. The number of aromatic hydroxyl groups is 1. The standard InChI is InChI=1S/C15H11NO2/c17-13-6-4-12-10-14(7-5-11(12)9-13)18-15-3-1-2-8-16-15/h1-10,17H. The first-order chi connectivity index (χ1) is 8.81. The minimum absolute atomic E-state index is 0.265. The molecule has 1 aromatic heterocycles. The van der Waals surface area contributed by atoms with Crippen molar-refractivity contribution in [1.82, 2.24) is 4.98 Å². The third-order valence-corrected chi connectivity index (χ3v) is 2.66. The molecule has 1 heterocycles. The fraction of sp³-hybridized carbons (Fsp3) is 0. The Morgan fingerprint density at radius 3 is 2.56 bits per heavy atom. The van der Waals surface area contributed by atoms with Crippen molar-refractivity contribution in [3.63, 3.8) is 0 Å². The number of phenolic OH excluding ortho intramolecular Hbond substituents is 1. The molecule has 0 aliphatic carbocycles. The molecule has 88 valence electrons. The number of hydrogen-bond donors (Lipinski definition) is 1. The number of ether oxygens (including phenoxy) is 1. The molecule has 0 atom stereocenters. The summed E-state index contributed by atoms with van der Waals surface area (Å²) in [5.41, 5.74) is 0. The van der Waals surface area contributed by atoms with Gasteiger partial charge in [0.15, 0.2) is 0 Å². The molecule has 3 aromatic rings. The number of aromatic nitrogens is 1. The third kappa shape index (κ3) is 2.11. The van der Waals surface area contributed by atoms with Crippen LogP contribution in [-0.4, -0.2) is 10.1 Å². The second kappa shape index (κ2) is 4.37. The average molecular weight is 237 g/mol. The lowest BCUT2D eigenvalue weighted by molar-refractivity contribution is 0.463. The van der Waals surface area contributed by atoms with Gasteiger partial charge in [-0.2, -0.15) is 0 Å². The van der Waals surface area contributed by atoms with Crippen molar-refractivity contribution in [2.75, 3.05) is 0 Å². The molecule has 0 saturated carbocycles. The number of nitrogens with zero attached hydrogens (tertiary/aromatic N) is 1. The Bertz CT molecular complexity index is 680. The smallest absolute Gasteiger partial charge is 0.219 e. The predicted molar refractivity (Wildman–Crippen MR) is 69.9 cm³/mol. The lowest BCUT2D eigenvalue weighted by atomic mass is 10.1. The van der Waals surface area contributed by atoms with Crippen LogP contribution < -0.4 is 4.74 Å². The van der Waals surface area contributed by atoms with Crippen LogP contribution in [0.25, 0.3) is 10.8 Å². The number of pyridine rings is 1. The molecule has 3 rings (SSSR count). The number of hydrogen-bond acceptors (Lipinski definition) is 3. The molecular formula is C15H11NO2. The van der Waals surface area contributed by atoms with E-state index in [2.05, 4.69) is 4.98 Å². The predicted octanol–water partition coefficient (Wildman–Crippen LogP) is 3.73. The summed E-state index contributed by atoms with van der Waals surface area (Å²) < 4.78 is 5.64. The van der Waals surface area contributed by atoms with Crippen molar-refractivity contribution in [2.45, 2.75) is 0 Å². The minimum Gasteiger partial charge on any atom is -0.508 e. The zero-order chi connectivity index (χ0) is 12.4. The lowest BCUT2D eigenvalue weighted by Gasteiger charge is -2.05. The fourth-order valence-electron chi connectivity index (χ4n) is 1.80. The van der Waals surface area contributed by atoms with Crippen molar-refractivity contribution in [3.05, 3.63) is 60.8 Å². The molecule has 0 amide bonds. The Hall–Kier alpha value is -2.55. The zero-order valence-corrected chi connectivity index (χ0v) is 9.58. The summed E-state index contributed by atoms with van der Waals surface area (Å²) in [4.78, 5) is 4.11. The summed E-state index contributed by atoms with van der Waals surface area (Å²) in [7, 11) is 0. The maximum Gasteiger partial charge on any atom is 0.219 e. The van der Waals surface area contributed by atoms with E-state index in [4.69, 9.17) is 4.74 Å². The Labute approximate surface area is 104 Å². The van der Waals surface area contributed by atoms with Crippen LogP contribution in [0.1, 0.15) is 0 Å². The monoisotopic (exact) mass is 237 g/mol. The van der Waals surface area contributed by atoms with E-state index in [1.807, 2.05) is 36.4 Å². The van der Waals surface area contributed by atoms with Crippen LogP contribution in [0.3, 0.4) is 0 Å². The van der Waals surface area contributed by atoms with E-state index in [0.29, 0.717) is 5.88 Å². The van der Waals surface area contributed by atoms with Crippen LogP contribution in [0.15, 0.2) is 60.8 Å². The van der Waals surface area contributed by atoms with Crippen LogP contribution in [-0.2, 0) is 0 Å². The molecule has 2 aromatic carbocycles. The number of rotatable bonds is 2. The highest BCUT2D eigenvalue weighted by molar-refractivity contribution is 5.85. The van der Waals surface area contributed by atoms with E-state index in [-0.39, 0.29) is 5.75 Å². The molecule has 0 aliphatic rings. The highest BCUT2D eigenvalue weighted by Gasteiger charge is 2.00. The molecule has 0 radical (unpaired) electrons. The van der Waals surface area contributed by atoms with Gasteiger partial charge in [0.05, 0.1) is 0 Å². The van der Waals surface area contributed by atoms with Gasteiger partial charge >= 0.3 is 0 Å². The summed E-state index contributed by atoms with van der Waals surface area (Å²) in [6, 6.07) is 16.5. The minimum atomic E-state index is 0.265. The third-order valence-electron chi connectivity index (χ3n) is 2.66. The van der Waals surface area contributed by atoms with Gasteiger partial charge in [-0.15, -0.1) is 0 Å². The molecule has 18 heavy (non-hydrogen) atoms. The molecular weight excluding hydrogens is 226 g/mol. The summed E-state index contributed by atoms with van der Waals surface area (Å²) in [6.07, 6.45) is 1.69. The van der Waals surface area contributed by atoms with E-state index in [1.54, 1.807) is 24.4 Å². The van der Waals surface area contributed by atoms with E-state index in [0.717, 1.165) is 16.5 Å². The Morgan fingerprint density at radius 1 is 0.889 bits per heavy atom. The second-order valence-corrected chi connectivity index (χ2v) is 3.96. The van der Waals surface area contributed by atoms with Gasteiger partial charge in [-0.05, 0) is 41.1 Å². The molecule has 1 N–H and O–H groups in total. The van der Waals surface area contributed by atoms with Crippen molar-refractivity contribution < 1.29 is 9.84 Å². The molecule has 0 bridgehead atoms. The number of phenols is 1. The summed E-state index contributed by atoms with van der Waals surface area (Å²) in [5.74, 6) is 1.56. The van der Waals surface area contributed by atoms with Crippen LogP contribution in [0.5, 0.6) is 17.4 Å². The molecule has 0 unspecified atom stereocenters. The first kappa shape index (κ1) is 10.6. The molecule has 0 aliphatic heterocycles. The lowest BCUT2D eigenvalue weighted by Crippen LogP contribution is -1.86. The summed E-state index contributed by atoms with van der Waals surface area (Å²) in [6.45, 7) is 0. The highest BCUT2D eigenvalue weighted by Crippen LogP contribution is 2.26. The van der Waals surface area contributed by atoms with Crippen molar-refractivity contribution >= 4 is 10.8 Å². The van der Waals surface area contributed by atoms with Gasteiger partial charge < -0.3 is 9.84 Å². The largest absolute Gasteiger partial charge is 0.508 e. The normalized spacial score (nSPS) is 10.4. The first-order valence-corrected chi connectivity index (χ1v) is 5.63. The van der Waals surface area contributed by atoms with Crippen molar-refractivity contribution in [1.29, 1.82) is 0 Å². The Kier molecular flexibility index (Phi) is 2.57. The van der Waals surface area contributed by atoms with Crippen LogP contribution in [0, 0.1) is 0 Å². The summed E-state index contributed by atoms with van der Waals surface area (Å²) in [5, 5.41) is 11.4. The second-order valence-electron chi connectivity index (χ2n) is 3.96. The fourth-order valence-corrected chi connectivity index (χ4v) is 1.80. The number of fused-ring (bicyclic) bond motifs is 1. The quantitative estimate of drug-likeness (QED) is 0.738. The zero-order valence-electron chi connectivity index (χ0n) is 9.58. The SMILES string of the molecule is Oc1ccc2cc(Oc3ccccn3)ccc2c1. The van der Waals surface area contributed by atoms with Crippen LogP contribution >= 0.6 is 0 Å². The van der Waals surface area contributed by atoms with Gasteiger partial charge in [0.25, 0.3) is 0 Å². The van der Waals surface area contributed by atoms with E-state index in [9.17, 15) is 5.11 Å². The maximum absolute atomic E-state index is 9.39. The number of benzene rings is 2. The molecule has 3 heteroatoms. The summed E-state index contributed by atoms with van der Waals surface area (Å²) >= 11 is 0. The van der Waals surface area contributed by atoms with E-state index >= 15 is 0 Å². The van der Waals surface area contributed by atoms with E-state index in [1.165, 1.54) is 0 Å². The topological polar surface area (TPSA) is 42.4 Å². The highest BCUT2D eigenvalue weighted by atomic mass is 16.5. The Morgan fingerprint density at radius 2 is 1.72 bits per heavy atom. The molecule has 0 spiro atoms. The average Bonchev–Trinajstić information content (AvgIpc) is 2.40. The van der Waals surface area contributed by atoms with E-state index < -0.39 is 0 Å². The Balaban J connectivity index is 1.96. The van der Waals surface area contributed by atoms with Crippen LogP contribution in [0.2, 0.25) is 0 Å². The van der Waals surface area contributed by atoms with Gasteiger partial charge in [-0.25, -0.2) is 4.98 Å². The molecule has 0 saturated heterocycles. The van der Waals surface area contributed by atoms with Gasteiger partial charge in [-0.1, -0.05) is 18.2 Å².